The van der Waals surface area contributed by atoms with E-state index >= 15 is 0 Å². The zero-order chi connectivity index (χ0) is 19.3. The van der Waals surface area contributed by atoms with Crippen molar-refractivity contribution in [1.82, 2.24) is 10.7 Å². The second-order valence-electron chi connectivity index (χ2n) is 5.29. The van der Waals surface area contributed by atoms with Gasteiger partial charge in [-0.1, -0.05) is 18.2 Å². The highest BCUT2D eigenvalue weighted by Crippen LogP contribution is 2.25. The van der Waals surface area contributed by atoms with Gasteiger partial charge in [-0.2, -0.15) is 5.10 Å². The van der Waals surface area contributed by atoms with E-state index in [2.05, 4.69) is 22.4 Å². The van der Waals surface area contributed by atoms with E-state index in [0.29, 0.717) is 36.4 Å². The predicted octanol–water partition coefficient (Wildman–Crippen LogP) is 3.14. The molecule has 0 heterocycles. The lowest BCUT2D eigenvalue weighted by atomic mass is 10.2. The maximum absolute atomic E-state index is 5.68. The van der Waals surface area contributed by atoms with E-state index in [-0.39, 0.29) is 0 Å². The molecule has 6 nitrogen and oxygen atoms in total. The van der Waals surface area contributed by atoms with Gasteiger partial charge >= 0.3 is 0 Å². The van der Waals surface area contributed by atoms with Gasteiger partial charge in [0.1, 0.15) is 19.0 Å². The minimum Gasteiger partial charge on any atom is -0.493 e. The number of para-hydroxylation sites is 2. The zero-order valence-corrected chi connectivity index (χ0v) is 16.0. The Morgan fingerprint density at radius 2 is 1.78 bits per heavy atom. The summed E-state index contributed by atoms with van der Waals surface area (Å²) in [5, 5.41) is 7.43. The minimum absolute atomic E-state index is 0.419. The standard InChI is InChI=1S/C20H23N3O3S/c1-3-12-21-20(27)23-22-15-16-8-10-17(11-9-16)25-13-14-26-19-7-5-4-6-18(19)24-2/h3-11,15H,1,12-14H2,2H3,(H2,21,23,27)/b22-15-. The number of thiocarbonyl (C=S) groups is 1. The number of hydrogen-bond acceptors (Lipinski definition) is 5. The molecule has 0 radical (unpaired) electrons. The van der Waals surface area contributed by atoms with Crippen molar-refractivity contribution in [3.05, 3.63) is 66.7 Å². The average molecular weight is 385 g/mol. The van der Waals surface area contributed by atoms with Crippen molar-refractivity contribution in [2.24, 2.45) is 5.10 Å². The SMILES string of the molecule is C=CCNC(=S)N/N=C\c1ccc(OCCOc2ccccc2OC)cc1. The fourth-order valence-electron chi connectivity index (χ4n) is 2.07. The van der Waals surface area contributed by atoms with E-state index in [1.165, 1.54) is 0 Å². The van der Waals surface area contributed by atoms with Crippen LogP contribution in [0.25, 0.3) is 0 Å². The van der Waals surface area contributed by atoms with Gasteiger partial charge in [0.25, 0.3) is 0 Å². The van der Waals surface area contributed by atoms with Gasteiger partial charge in [0, 0.05) is 6.54 Å². The molecule has 0 unspecified atom stereocenters. The lowest BCUT2D eigenvalue weighted by molar-refractivity contribution is 0.211. The fourth-order valence-corrected chi connectivity index (χ4v) is 2.21. The molecule has 0 aliphatic heterocycles. The van der Waals surface area contributed by atoms with Gasteiger partial charge in [-0.15, -0.1) is 6.58 Å². The molecule has 0 saturated carbocycles. The second-order valence-corrected chi connectivity index (χ2v) is 5.69. The number of hydrazone groups is 1. The quantitative estimate of drug-likeness (QED) is 0.215. The van der Waals surface area contributed by atoms with Crippen LogP contribution in [-0.4, -0.2) is 38.2 Å². The van der Waals surface area contributed by atoms with Gasteiger partial charge in [-0.25, -0.2) is 0 Å². The maximum Gasteiger partial charge on any atom is 0.187 e. The van der Waals surface area contributed by atoms with E-state index in [1.54, 1.807) is 19.4 Å². The van der Waals surface area contributed by atoms with Crippen LogP contribution in [0.3, 0.4) is 0 Å². The minimum atomic E-state index is 0.419. The third-order valence-corrected chi connectivity index (χ3v) is 3.58. The Morgan fingerprint density at radius 1 is 1.07 bits per heavy atom. The molecule has 0 aliphatic rings. The predicted molar refractivity (Wildman–Crippen MR) is 112 cm³/mol. The first-order chi connectivity index (χ1) is 13.2. The normalized spacial score (nSPS) is 10.3. The second kappa shape index (κ2) is 11.5. The Hall–Kier alpha value is -3.06. The highest BCUT2D eigenvalue weighted by molar-refractivity contribution is 7.80. The Morgan fingerprint density at radius 3 is 2.48 bits per heavy atom. The molecule has 0 fully saturated rings. The van der Waals surface area contributed by atoms with E-state index < -0.39 is 0 Å². The van der Waals surface area contributed by atoms with E-state index in [1.807, 2.05) is 48.5 Å². The van der Waals surface area contributed by atoms with Crippen LogP contribution in [0.4, 0.5) is 0 Å². The zero-order valence-electron chi connectivity index (χ0n) is 15.2. The summed E-state index contributed by atoms with van der Waals surface area (Å²) in [5.74, 6) is 2.16. The number of nitrogens with zero attached hydrogens (tertiary/aromatic N) is 1. The number of nitrogens with one attached hydrogen (secondary N) is 2. The van der Waals surface area contributed by atoms with Crippen molar-refractivity contribution in [2.45, 2.75) is 0 Å². The van der Waals surface area contributed by atoms with Gasteiger partial charge in [0.05, 0.1) is 13.3 Å². The van der Waals surface area contributed by atoms with Crippen LogP contribution in [0.5, 0.6) is 17.2 Å². The first-order valence-corrected chi connectivity index (χ1v) is 8.80. The molecule has 2 aromatic carbocycles. The average Bonchev–Trinajstić information content (AvgIpc) is 2.71. The molecule has 2 rings (SSSR count). The summed E-state index contributed by atoms with van der Waals surface area (Å²) in [5.41, 5.74) is 3.65. The van der Waals surface area contributed by atoms with Crippen molar-refractivity contribution in [3.8, 4) is 17.2 Å². The highest BCUT2D eigenvalue weighted by atomic mass is 32.1. The van der Waals surface area contributed by atoms with Crippen molar-refractivity contribution >= 4 is 23.5 Å². The summed E-state index contributed by atoms with van der Waals surface area (Å²) >= 11 is 5.04. The fraction of sp³-hybridized carbons (Fsp3) is 0.200. The summed E-state index contributed by atoms with van der Waals surface area (Å²) in [4.78, 5) is 0. The Kier molecular flexibility index (Phi) is 8.65. The summed E-state index contributed by atoms with van der Waals surface area (Å²) in [6.07, 6.45) is 3.40. The molecular weight excluding hydrogens is 362 g/mol. The Balaban J connectivity index is 1.72. The van der Waals surface area contributed by atoms with Gasteiger partial charge in [-0.05, 0) is 54.2 Å². The number of ether oxygens (including phenoxy) is 3. The molecule has 2 N–H and O–H groups in total. The van der Waals surface area contributed by atoms with Crippen LogP contribution in [0.15, 0.2) is 66.3 Å². The topological polar surface area (TPSA) is 64.1 Å². The molecule has 0 aromatic heterocycles. The molecule has 0 spiro atoms. The van der Waals surface area contributed by atoms with E-state index in [9.17, 15) is 0 Å². The molecular formula is C20H23N3O3S. The lowest BCUT2D eigenvalue weighted by Gasteiger charge is -2.11. The molecule has 2 aromatic rings. The first kappa shape index (κ1) is 20.3. The third kappa shape index (κ3) is 7.37. The highest BCUT2D eigenvalue weighted by Gasteiger charge is 2.02. The molecule has 27 heavy (non-hydrogen) atoms. The van der Waals surface area contributed by atoms with Crippen LogP contribution in [0.2, 0.25) is 0 Å². The molecule has 0 aliphatic carbocycles. The van der Waals surface area contributed by atoms with Crippen LogP contribution >= 0.6 is 12.2 Å². The van der Waals surface area contributed by atoms with Crippen molar-refractivity contribution in [2.75, 3.05) is 26.9 Å². The molecule has 0 atom stereocenters. The third-order valence-electron chi connectivity index (χ3n) is 3.35. The molecule has 0 saturated heterocycles. The van der Waals surface area contributed by atoms with Crippen LogP contribution in [0.1, 0.15) is 5.56 Å². The largest absolute Gasteiger partial charge is 0.493 e. The number of benzene rings is 2. The van der Waals surface area contributed by atoms with Crippen LogP contribution < -0.4 is 25.0 Å². The maximum atomic E-state index is 5.68. The molecule has 7 heteroatoms. The summed E-state index contributed by atoms with van der Waals surface area (Å²) in [6, 6.07) is 15.1. The van der Waals surface area contributed by atoms with Gasteiger partial charge in [-0.3, -0.25) is 5.43 Å². The van der Waals surface area contributed by atoms with Crippen LogP contribution in [0, 0.1) is 0 Å². The van der Waals surface area contributed by atoms with E-state index in [0.717, 1.165) is 11.3 Å². The number of hydrogen-bond donors (Lipinski definition) is 2. The summed E-state index contributed by atoms with van der Waals surface area (Å²) < 4.78 is 16.6. The Bertz CT molecular complexity index is 763. The number of methoxy groups -OCH3 is 1. The van der Waals surface area contributed by atoms with Gasteiger partial charge in [0.2, 0.25) is 0 Å². The molecule has 0 bridgehead atoms. The van der Waals surface area contributed by atoms with Gasteiger partial charge < -0.3 is 19.5 Å². The van der Waals surface area contributed by atoms with Crippen molar-refractivity contribution < 1.29 is 14.2 Å². The lowest BCUT2D eigenvalue weighted by Crippen LogP contribution is -2.31. The summed E-state index contributed by atoms with van der Waals surface area (Å²) in [7, 11) is 1.62. The molecule has 142 valence electrons. The van der Waals surface area contributed by atoms with Crippen molar-refractivity contribution in [1.29, 1.82) is 0 Å². The summed E-state index contributed by atoms with van der Waals surface area (Å²) in [6.45, 7) is 5.04. The van der Waals surface area contributed by atoms with Crippen LogP contribution in [-0.2, 0) is 0 Å². The Labute approximate surface area is 164 Å². The van der Waals surface area contributed by atoms with Crippen molar-refractivity contribution in [3.63, 3.8) is 0 Å². The smallest absolute Gasteiger partial charge is 0.187 e. The molecule has 0 amide bonds. The monoisotopic (exact) mass is 385 g/mol. The van der Waals surface area contributed by atoms with E-state index in [4.69, 9.17) is 26.4 Å². The number of rotatable bonds is 10. The van der Waals surface area contributed by atoms with Gasteiger partial charge in [0.15, 0.2) is 16.6 Å². The first-order valence-electron chi connectivity index (χ1n) is 8.39.